The highest BCUT2D eigenvalue weighted by Crippen LogP contribution is 2.48. The van der Waals surface area contributed by atoms with Gasteiger partial charge in [0.15, 0.2) is 0 Å². The Morgan fingerprint density at radius 3 is 2.45 bits per heavy atom. The number of fused-ring (bicyclic) bond motifs is 4. The number of amides is 4. The summed E-state index contributed by atoms with van der Waals surface area (Å²) in [5, 5.41) is 7.16. The summed E-state index contributed by atoms with van der Waals surface area (Å²) in [7, 11) is 2.55. The van der Waals surface area contributed by atoms with E-state index in [1.165, 1.54) is 14.2 Å². The van der Waals surface area contributed by atoms with Crippen LogP contribution in [0.4, 0.5) is 9.59 Å². The number of carbonyl (C=O) groups is 4. The van der Waals surface area contributed by atoms with E-state index in [1.54, 1.807) is 22.2 Å². The molecule has 2 unspecified atom stereocenters. The minimum absolute atomic E-state index is 0.0532. The summed E-state index contributed by atoms with van der Waals surface area (Å²) in [6.07, 6.45) is 4.67. The Bertz CT molecular complexity index is 2330. The normalized spacial score (nSPS) is 16.3. The van der Waals surface area contributed by atoms with E-state index in [1.807, 2.05) is 39.0 Å². The van der Waals surface area contributed by atoms with Crippen molar-refractivity contribution in [3.63, 3.8) is 0 Å². The first-order chi connectivity index (χ1) is 28.0. The van der Waals surface area contributed by atoms with E-state index >= 15 is 0 Å². The molecule has 3 aromatic carbocycles. The molecular formula is C43H50N8O7. The van der Waals surface area contributed by atoms with Gasteiger partial charge in [0.1, 0.15) is 35.7 Å². The molecule has 0 bridgehead atoms. The van der Waals surface area contributed by atoms with Crippen LogP contribution in [-0.4, -0.2) is 93.6 Å². The average molecular weight is 791 g/mol. The predicted octanol–water partition coefficient (Wildman–Crippen LogP) is 7.02. The monoisotopic (exact) mass is 790 g/mol. The molecule has 304 valence electrons. The smallest absolute Gasteiger partial charge is 0.407 e. The molecule has 3 atom stereocenters. The van der Waals surface area contributed by atoms with Crippen LogP contribution in [0, 0.1) is 5.92 Å². The van der Waals surface area contributed by atoms with Crippen LogP contribution in [0.15, 0.2) is 60.9 Å². The number of H-pyrrole nitrogens is 2. The lowest BCUT2D eigenvalue weighted by Gasteiger charge is -2.28. The van der Waals surface area contributed by atoms with Gasteiger partial charge in [-0.25, -0.2) is 19.6 Å². The van der Waals surface area contributed by atoms with Crippen molar-refractivity contribution >= 4 is 34.8 Å². The lowest BCUT2D eigenvalue weighted by molar-refractivity contribution is -0.135. The van der Waals surface area contributed by atoms with E-state index < -0.39 is 18.2 Å². The molecule has 2 aromatic heterocycles. The molecule has 0 radical (unpaired) electrons. The molecule has 0 aliphatic carbocycles. The SMILES string of the molecule is CCCN(Cc1ncc(-c2ccc3c4c(ccc3c2)C(C)c2cc(-c3cnc([C@@H]5CCCN5C(=O)CNC(=O)OC)[nH]3)ccc2O4)[nH]1)C(=O)C(NC(=O)OC)C(C)C. The van der Waals surface area contributed by atoms with Crippen LogP contribution in [0.25, 0.3) is 33.3 Å². The van der Waals surface area contributed by atoms with Crippen LogP contribution in [0.3, 0.4) is 0 Å². The third-order valence-corrected chi connectivity index (χ3v) is 11.0. The van der Waals surface area contributed by atoms with Gasteiger partial charge < -0.3 is 44.6 Å². The zero-order chi connectivity index (χ0) is 41.1. The van der Waals surface area contributed by atoms with Gasteiger partial charge in [0.25, 0.3) is 0 Å². The summed E-state index contributed by atoms with van der Waals surface area (Å²) < 4.78 is 16.0. The first-order valence-electron chi connectivity index (χ1n) is 19.7. The number of benzene rings is 3. The van der Waals surface area contributed by atoms with E-state index in [2.05, 4.69) is 72.6 Å². The van der Waals surface area contributed by atoms with Gasteiger partial charge in [-0.1, -0.05) is 45.9 Å². The number of alkyl carbamates (subject to hydrolysis) is 2. The molecule has 1 saturated heterocycles. The fraction of sp³-hybridized carbons (Fsp3) is 0.395. The Labute approximate surface area is 336 Å². The number of hydrogen-bond acceptors (Lipinski definition) is 9. The van der Waals surface area contributed by atoms with Crippen molar-refractivity contribution < 1.29 is 33.4 Å². The highest BCUT2D eigenvalue weighted by atomic mass is 16.5. The molecule has 2 aliphatic rings. The van der Waals surface area contributed by atoms with Crippen LogP contribution in [-0.2, 0) is 25.6 Å². The minimum Gasteiger partial charge on any atom is -0.456 e. The van der Waals surface area contributed by atoms with E-state index in [0.717, 1.165) is 75.2 Å². The lowest BCUT2D eigenvalue weighted by atomic mass is 9.86. The number of imidazole rings is 2. The van der Waals surface area contributed by atoms with Crippen LogP contribution in [0.5, 0.6) is 11.5 Å². The maximum Gasteiger partial charge on any atom is 0.407 e. The highest BCUT2D eigenvalue weighted by molar-refractivity contribution is 5.94. The third-order valence-electron chi connectivity index (χ3n) is 11.0. The van der Waals surface area contributed by atoms with Crippen molar-refractivity contribution in [2.75, 3.05) is 33.9 Å². The summed E-state index contributed by atoms with van der Waals surface area (Å²) in [5.41, 5.74) is 5.72. The maximum atomic E-state index is 13.5. The maximum absolute atomic E-state index is 13.5. The van der Waals surface area contributed by atoms with Crippen LogP contribution in [0.1, 0.15) is 81.7 Å². The third kappa shape index (κ3) is 8.06. The molecule has 0 spiro atoms. The largest absolute Gasteiger partial charge is 0.456 e. The molecule has 2 aliphatic heterocycles. The molecule has 1 fully saturated rings. The Morgan fingerprint density at radius 2 is 1.69 bits per heavy atom. The lowest BCUT2D eigenvalue weighted by Crippen LogP contribution is -2.51. The standard InChI is InChI=1S/C43H50N8O7/c1-7-16-50(41(53)38(24(2)3)49-43(55)57-6)23-36-44-20-32(47-36)27-11-14-30-26(18-27)10-13-29-25(4)31-19-28(12-15-35(31)58-39(29)30)33-21-45-40(48-33)34-9-8-17-51(34)37(52)22-46-42(54)56-5/h10-15,18-21,24-25,34,38H,7-9,16-17,22-23H2,1-6H3,(H,44,47)(H,45,48)(H,46,54)(H,49,55)/t25?,34-,38?/m0/s1. The number of likely N-dealkylation sites (tertiary alicyclic amines) is 1. The van der Waals surface area contributed by atoms with Crippen molar-refractivity contribution in [2.24, 2.45) is 5.92 Å². The van der Waals surface area contributed by atoms with E-state index in [-0.39, 0.29) is 42.8 Å². The van der Waals surface area contributed by atoms with Crippen molar-refractivity contribution in [1.29, 1.82) is 0 Å². The molecule has 4 heterocycles. The van der Waals surface area contributed by atoms with Crippen LogP contribution >= 0.6 is 0 Å². The molecule has 4 amide bonds. The molecule has 4 N–H and O–H groups in total. The predicted molar refractivity (Wildman–Crippen MR) is 217 cm³/mol. The van der Waals surface area contributed by atoms with Crippen LogP contribution in [0.2, 0.25) is 0 Å². The van der Waals surface area contributed by atoms with Crippen molar-refractivity contribution in [2.45, 2.75) is 71.5 Å². The molecule has 5 aromatic rings. The Hall–Kier alpha value is -6.38. The summed E-state index contributed by atoms with van der Waals surface area (Å²) in [4.78, 5) is 69.5. The van der Waals surface area contributed by atoms with Crippen molar-refractivity contribution in [1.82, 2.24) is 40.4 Å². The molecule has 0 saturated carbocycles. The zero-order valence-corrected chi connectivity index (χ0v) is 33.7. The second kappa shape index (κ2) is 17.0. The quantitative estimate of drug-likeness (QED) is 0.103. The molecular weight excluding hydrogens is 741 g/mol. The molecule has 58 heavy (non-hydrogen) atoms. The zero-order valence-electron chi connectivity index (χ0n) is 33.7. The van der Waals surface area contributed by atoms with Gasteiger partial charge in [0.05, 0.1) is 50.6 Å². The summed E-state index contributed by atoms with van der Waals surface area (Å²) in [6, 6.07) is 15.7. The number of nitrogens with zero attached hydrogens (tertiary/aromatic N) is 4. The Balaban J connectivity index is 1.06. The number of methoxy groups -OCH3 is 2. The van der Waals surface area contributed by atoms with Gasteiger partial charge >= 0.3 is 12.2 Å². The second-order valence-corrected chi connectivity index (χ2v) is 15.1. The van der Waals surface area contributed by atoms with Gasteiger partial charge in [0, 0.05) is 46.6 Å². The van der Waals surface area contributed by atoms with Gasteiger partial charge in [-0.05, 0) is 60.9 Å². The van der Waals surface area contributed by atoms with Crippen molar-refractivity contribution in [3.8, 4) is 34.0 Å². The number of ether oxygens (including phenoxy) is 3. The van der Waals surface area contributed by atoms with Gasteiger partial charge in [-0.2, -0.15) is 0 Å². The van der Waals surface area contributed by atoms with Crippen LogP contribution < -0.4 is 15.4 Å². The Morgan fingerprint density at radius 1 is 0.948 bits per heavy atom. The number of aromatic amines is 2. The number of nitrogens with one attached hydrogen (secondary N) is 4. The molecule has 15 heteroatoms. The van der Waals surface area contributed by atoms with E-state index in [9.17, 15) is 19.2 Å². The first-order valence-corrected chi connectivity index (χ1v) is 19.7. The fourth-order valence-corrected chi connectivity index (χ4v) is 7.89. The topological polar surface area (TPSA) is 184 Å². The number of hydrogen-bond donors (Lipinski definition) is 4. The van der Waals surface area contributed by atoms with Gasteiger partial charge in [-0.3, -0.25) is 9.59 Å². The number of aromatic nitrogens is 4. The number of carbonyl (C=O) groups excluding carboxylic acids is 4. The van der Waals surface area contributed by atoms with Crippen molar-refractivity contribution in [3.05, 3.63) is 83.7 Å². The fourth-order valence-electron chi connectivity index (χ4n) is 7.89. The summed E-state index contributed by atoms with van der Waals surface area (Å²) in [5.74, 6) is 2.52. The Kier molecular flexibility index (Phi) is 11.7. The first kappa shape index (κ1) is 39.8. The van der Waals surface area contributed by atoms with Gasteiger partial charge in [0.2, 0.25) is 11.8 Å². The second-order valence-electron chi connectivity index (χ2n) is 15.1. The van der Waals surface area contributed by atoms with E-state index in [4.69, 9.17) is 9.47 Å². The van der Waals surface area contributed by atoms with Gasteiger partial charge in [-0.15, -0.1) is 0 Å². The van der Waals surface area contributed by atoms with E-state index in [0.29, 0.717) is 24.7 Å². The number of rotatable bonds is 12. The highest BCUT2D eigenvalue weighted by Gasteiger charge is 2.33. The average Bonchev–Trinajstić information content (AvgIpc) is 4.03. The minimum atomic E-state index is -0.721. The molecule has 15 nitrogen and oxygen atoms in total. The molecule has 7 rings (SSSR count). The summed E-state index contributed by atoms with van der Waals surface area (Å²) in [6.45, 7) is 9.20. The summed E-state index contributed by atoms with van der Waals surface area (Å²) >= 11 is 0.